The summed E-state index contributed by atoms with van der Waals surface area (Å²) in [6, 6.07) is 20.4. The minimum atomic E-state index is -2.89. The molecule has 1 aliphatic heterocycles. The Labute approximate surface area is 239 Å². The van der Waals surface area contributed by atoms with E-state index in [-0.39, 0.29) is 36.9 Å². The van der Waals surface area contributed by atoms with E-state index in [0.29, 0.717) is 0 Å². The predicted octanol–water partition coefficient (Wildman–Crippen LogP) is 2.36. The second-order valence-electron chi connectivity index (χ2n) is 10.6. The first-order chi connectivity index (χ1) is 19.7. The van der Waals surface area contributed by atoms with Crippen molar-refractivity contribution in [3.05, 3.63) is 104 Å². The van der Waals surface area contributed by atoms with Crippen LogP contribution in [-0.4, -0.2) is 50.0 Å². The molecule has 0 bridgehead atoms. The molecule has 0 amide bonds. The lowest BCUT2D eigenvalue weighted by atomic mass is 10.2. The Morgan fingerprint density at radius 3 is 2.34 bits per heavy atom. The molecule has 1 saturated heterocycles. The Kier molecular flexibility index (Phi) is 9.62. The molecular weight excluding hydrogens is 540 g/mol. The Morgan fingerprint density at radius 1 is 1.15 bits per heavy atom. The first kappa shape index (κ1) is 30.0. The number of aromatic nitrogens is 2. The second kappa shape index (κ2) is 13.1. The fraction of sp³-hybridized carbons (Fsp3) is 0.379. The summed E-state index contributed by atoms with van der Waals surface area (Å²) in [5.74, 6) is 5.32. The summed E-state index contributed by atoms with van der Waals surface area (Å²) >= 11 is 0. The van der Waals surface area contributed by atoms with E-state index in [9.17, 15) is 9.59 Å². The number of hydrogen-bond acceptors (Lipinski definition) is 7. The van der Waals surface area contributed by atoms with Crippen LogP contribution in [0.5, 0.6) is 0 Å². The quantitative estimate of drug-likeness (QED) is 0.131. The van der Waals surface area contributed by atoms with E-state index in [4.69, 9.17) is 25.2 Å². The molecule has 214 valence electrons. The van der Waals surface area contributed by atoms with Gasteiger partial charge in [-0.1, -0.05) is 98.4 Å². The molecule has 2 aromatic carbocycles. The van der Waals surface area contributed by atoms with Gasteiger partial charge in [0, 0.05) is 17.5 Å². The number of nitrogens with two attached hydrogens (primary N) is 1. The summed E-state index contributed by atoms with van der Waals surface area (Å²) in [7, 11) is -2.89. The first-order valence-corrected chi connectivity index (χ1v) is 15.2. The van der Waals surface area contributed by atoms with Crippen molar-refractivity contribution >= 4 is 18.7 Å². The highest BCUT2D eigenvalue weighted by Crippen LogP contribution is 2.38. The van der Waals surface area contributed by atoms with Crippen molar-refractivity contribution in [3.8, 4) is 11.8 Å². The van der Waals surface area contributed by atoms with Crippen LogP contribution in [0.25, 0.3) is 10.4 Å². The number of hydrogen-bond donors (Lipinski definition) is 2. The van der Waals surface area contributed by atoms with Gasteiger partial charge in [-0.05, 0) is 20.9 Å². The van der Waals surface area contributed by atoms with Crippen LogP contribution < -0.4 is 27.4 Å². The number of rotatable bonds is 9. The number of ether oxygens (including phenoxy) is 2. The minimum absolute atomic E-state index is 0.0650. The van der Waals surface area contributed by atoms with Gasteiger partial charge in [-0.15, -0.1) is 0 Å². The molecule has 1 aromatic heterocycles. The third kappa shape index (κ3) is 6.52. The summed E-state index contributed by atoms with van der Waals surface area (Å²) in [6.07, 6.45) is -0.314. The van der Waals surface area contributed by atoms with E-state index in [1.807, 2.05) is 36.4 Å². The van der Waals surface area contributed by atoms with Crippen molar-refractivity contribution < 1.29 is 13.9 Å². The third-order valence-corrected chi connectivity index (χ3v) is 12.1. The van der Waals surface area contributed by atoms with Crippen molar-refractivity contribution in [2.45, 2.75) is 50.7 Å². The van der Waals surface area contributed by atoms with E-state index in [2.05, 4.69) is 71.9 Å². The van der Waals surface area contributed by atoms with Crippen LogP contribution in [0.3, 0.4) is 0 Å². The smallest absolute Gasteiger partial charge is 0.330 e. The SMILES string of the molecule is CC(C)(C)[Si](OC[C@H]1O[C@@H](n2cc(C#CCN)c(=O)[nH]c2=O)C[C@H]1OCN=[N+]=[N-])(c1ccccc1)c1ccccc1. The molecule has 1 aliphatic rings. The summed E-state index contributed by atoms with van der Waals surface area (Å²) in [5.41, 5.74) is 13.1. The number of benzene rings is 2. The zero-order chi connectivity index (χ0) is 29.5. The van der Waals surface area contributed by atoms with Crippen LogP contribution in [0, 0.1) is 11.8 Å². The molecule has 11 nitrogen and oxygen atoms in total. The van der Waals surface area contributed by atoms with Crippen LogP contribution in [-0.2, 0) is 13.9 Å². The van der Waals surface area contributed by atoms with Crippen molar-refractivity contribution in [1.82, 2.24) is 9.55 Å². The maximum atomic E-state index is 12.8. The molecule has 3 N–H and O–H groups in total. The molecule has 1 fully saturated rings. The highest BCUT2D eigenvalue weighted by molar-refractivity contribution is 6.99. The highest BCUT2D eigenvalue weighted by atomic mass is 28.4. The Balaban J connectivity index is 1.71. The average Bonchev–Trinajstić information content (AvgIpc) is 3.36. The van der Waals surface area contributed by atoms with Gasteiger partial charge in [0.1, 0.15) is 24.6 Å². The van der Waals surface area contributed by atoms with Crippen LogP contribution >= 0.6 is 0 Å². The average molecular weight is 575 g/mol. The Bertz CT molecular complexity index is 1510. The summed E-state index contributed by atoms with van der Waals surface area (Å²) in [5, 5.41) is 5.47. The van der Waals surface area contributed by atoms with Gasteiger partial charge in [0.2, 0.25) is 0 Å². The van der Waals surface area contributed by atoms with Crippen LogP contribution in [0.4, 0.5) is 0 Å². The molecular formula is C29H34N6O5Si. The van der Waals surface area contributed by atoms with Crippen molar-refractivity contribution in [3.63, 3.8) is 0 Å². The van der Waals surface area contributed by atoms with Gasteiger partial charge in [0.25, 0.3) is 13.9 Å². The van der Waals surface area contributed by atoms with E-state index < -0.39 is 38.0 Å². The van der Waals surface area contributed by atoms with Crippen LogP contribution in [0.1, 0.15) is 39.0 Å². The maximum Gasteiger partial charge on any atom is 0.330 e. The lowest BCUT2D eigenvalue weighted by Crippen LogP contribution is -2.67. The fourth-order valence-electron chi connectivity index (χ4n) is 5.25. The van der Waals surface area contributed by atoms with E-state index in [1.54, 1.807) is 0 Å². The topological polar surface area (TPSA) is 157 Å². The van der Waals surface area contributed by atoms with Gasteiger partial charge in [0.05, 0.1) is 19.3 Å². The molecule has 4 rings (SSSR count). The second-order valence-corrected chi connectivity index (χ2v) is 14.9. The standard InChI is InChI=1S/C29H34N6O5Si/c1-29(2,3)41(22-12-6-4-7-13-22,23-14-8-5-9-15-23)39-19-25-24(38-20-32-34-31)17-26(40-25)35-18-21(11-10-16-30)27(36)33-28(35)37/h4-9,12-15,18,24-26H,16-17,19-20,30H2,1-3H3,(H,33,36,37)/t24-,25-,26-/m1/s1. The molecule has 0 radical (unpaired) electrons. The van der Waals surface area contributed by atoms with Crippen LogP contribution in [0.2, 0.25) is 5.04 Å². The van der Waals surface area contributed by atoms with Gasteiger partial charge >= 0.3 is 5.69 Å². The van der Waals surface area contributed by atoms with E-state index in [0.717, 1.165) is 10.4 Å². The zero-order valence-electron chi connectivity index (χ0n) is 23.3. The number of nitrogens with one attached hydrogen (secondary N) is 1. The largest absolute Gasteiger partial charge is 0.405 e. The molecule has 2 heterocycles. The zero-order valence-corrected chi connectivity index (χ0v) is 24.3. The maximum absolute atomic E-state index is 12.8. The number of nitrogens with zero attached hydrogens (tertiary/aromatic N) is 4. The number of aromatic amines is 1. The molecule has 0 spiro atoms. The summed E-state index contributed by atoms with van der Waals surface area (Å²) in [4.78, 5) is 30.1. The summed E-state index contributed by atoms with van der Waals surface area (Å²) < 4.78 is 20.6. The monoisotopic (exact) mass is 574 g/mol. The molecule has 12 heteroatoms. The van der Waals surface area contributed by atoms with Gasteiger partial charge in [0.15, 0.2) is 0 Å². The first-order valence-electron chi connectivity index (χ1n) is 13.3. The van der Waals surface area contributed by atoms with Crippen molar-refractivity contribution in [2.24, 2.45) is 10.8 Å². The lowest BCUT2D eigenvalue weighted by Gasteiger charge is -2.43. The Morgan fingerprint density at radius 2 is 1.78 bits per heavy atom. The molecule has 3 atom stereocenters. The Hall–Kier alpha value is -3.95. The highest BCUT2D eigenvalue weighted by Gasteiger charge is 2.51. The molecule has 0 unspecified atom stereocenters. The molecule has 41 heavy (non-hydrogen) atoms. The van der Waals surface area contributed by atoms with Gasteiger partial charge < -0.3 is 19.6 Å². The number of azide groups is 1. The molecule has 3 aromatic rings. The van der Waals surface area contributed by atoms with Gasteiger partial charge in [-0.3, -0.25) is 14.3 Å². The van der Waals surface area contributed by atoms with Crippen LogP contribution in [0.15, 0.2) is 81.6 Å². The summed E-state index contributed by atoms with van der Waals surface area (Å²) in [6.45, 7) is 6.55. The fourth-order valence-corrected chi connectivity index (χ4v) is 9.82. The molecule has 0 aliphatic carbocycles. The van der Waals surface area contributed by atoms with E-state index >= 15 is 0 Å². The lowest BCUT2D eigenvalue weighted by molar-refractivity contribution is -0.0582. The van der Waals surface area contributed by atoms with Gasteiger partial charge in [-0.25, -0.2) is 4.79 Å². The van der Waals surface area contributed by atoms with Crippen molar-refractivity contribution in [1.29, 1.82) is 0 Å². The van der Waals surface area contributed by atoms with Crippen molar-refractivity contribution in [2.75, 3.05) is 19.9 Å². The predicted molar refractivity (Wildman–Crippen MR) is 158 cm³/mol. The minimum Gasteiger partial charge on any atom is -0.405 e. The third-order valence-electron chi connectivity index (χ3n) is 7.07. The number of H-pyrrole nitrogens is 1. The molecule has 0 saturated carbocycles. The van der Waals surface area contributed by atoms with Gasteiger partial charge in [-0.2, -0.15) is 0 Å². The van der Waals surface area contributed by atoms with E-state index in [1.165, 1.54) is 10.8 Å². The normalized spacial score (nSPS) is 18.8.